The lowest BCUT2D eigenvalue weighted by atomic mass is 10.1. The van der Waals surface area contributed by atoms with Gasteiger partial charge in [-0.2, -0.15) is 0 Å². The average Bonchev–Trinajstić information content (AvgIpc) is 2.54. The zero-order valence-electron chi connectivity index (χ0n) is 13.1. The van der Waals surface area contributed by atoms with Crippen LogP contribution in [0.1, 0.15) is 29.8 Å². The van der Waals surface area contributed by atoms with Crippen molar-refractivity contribution in [2.24, 2.45) is 0 Å². The number of ether oxygens (including phenoxy) is 1. The number of hydrogen-bond donors (Lipinski definition) is 2. The normalized spacial score (nSPS) is 10.9. The Labute approximate surface area is 134 Å². The Morgan fingerprint density at radius 3 is 2.22 bits per heavy atom. The minimum absolute atomic E-state index is 0.196. The van der Waals surface area contributed by atoms with E-state index in [0.717, 1.165) is 5.56 Å². The van der Waals surface area contributed by atoms with Gasteiger partial charge in [-0.3, -0.25) is 4.79 Å². The van der Waals surface area contributed by atoms with Gasteiger partial charge in [-0.15, -0.1) is 0 Å². The highest BCUT2D eigenvalue weighted by atomic mass is 16.5. The second-order valence-corrected chi connectivity index (χ2v) is 5.61. The van der Waals surface area contributed by atoms with E-state index < -0.39 is 11.6 Å². The van der Waals surface area contributed by atoms with E-state index in [1.165, 1.54) is 13.8 Å². The van der Waals surface area contributed by atoms with Crippen molar-refractivity contribution in [3.63, 3.8) is 0 Å². The third kappa shape index (κ3) is 4.57. The summed E-state index contributed by atoms with van der Waals surface area (Å²) in [5, 5.41) is 11.9. The molecule has 0 atom stereocenters. The summed E-state index contributed by atoms with van der Waals surface area (Å²) < 4.78 is 5.40. The lowest BCUT2D eigenvalue weighted by Gasteiger charge is -2.21. The van der Waals surface area contributed by atoms with Crippen LogP contribution in [-0.2, 0) is 11.3 Å². The lowest BCUT2D eigenvalue weighted by Crippen LogP contribution is -2.37. The molecule has 2 rings (SSSR count). The Kier molecular flexibility index (Phi) is 5.01. The topological polar surface area (TPSA) is 75.6 Å². The van der Waals surface area contributed by atoms with Gasteiger partial charge in [0, 0.05) is 12.1 Å². The second-order valence-electron chi connectivity index (χ2n) is 5.61. The number of carboxylic acid groups (broad SMARTS) is 1. The smallest absolute Gasteiger partial charge is 0.347 e. The van der Waals surface area contributed by atoms with Crippen LogP contribution in [0, 0.1) is 0 Å². The Bertz CT molecular complexity index is 678. The molecule has 0 aliphatic rings. The molecule has 0 aliphatic heterocycles. The second kappa shape index (κ2) is 6.96. The zero-order chi connectivity index (χ0) is 16.9. The first-order valence-electron chi connectivity index (χ1n) is 7.23. The summed E-state index contributed by atoms with van der Waals surface area (Å²) in [7, 11) is 0. The molecule has 0 aliphatic carbocycles. The molecule has 23 heavy (non-hydrogen) atoms. The van der Waals surface area contributed by atoms with E-state index in [-0.39, 0.29) is 5.91 Å². The van der Waals surface area contributed by atoms with E-state index >= 15 is 0 Å². The highest BCUT2D eigenvalue weighted by Crippen LogP contribution is 2.19. The molecule has 0 spiro atoms. The number of amides is 1. The Balaban J connectivity index is 1.96. The number of carboxylic acids is 1. The average molecular weight is 313 g/mol. The van der Waals surface area contributed by atoms with Crippen molar-refractivity contribution in [3.05, 3.63) is 65.7 Å². The van der Waals surface area contributed by atoms with Gasteiger partial charge in [0.2, 0.25) is 0 Å². The maximum absolute atomic E-state index is 12.1. The van der Waals surface area contributed by atoms with Crippen LogP contribution in [0.15, 0.2) is 54.6 Å². The van der Waals surface area contributed by atoms with Gasteiger partial charge in [0.05, 0.1) is 0 Å². The lowest BCUT2D eigenvalue weighted by molar-refractivity contribution is -0.152. The van der Waals surface area contributed by atoms with Gasteiger partial charge < -0.3 is 15.2 Å². The Morgan fingerprint density at radius 2 is 1.65 bits per heavy atom. The van der Waals surface area contributed by atoms with E-state index in [1.54, 1.807) is 24.3 Å². The summed E-state index contributed by atoms with van der Waals surface area (Å²) in [5.74, 6) is -0.850. The molecule has 0 unspecified atom stereocenters. The third-order valence-corrected chi connectivity index (χ3v) is 3.30. The van der Waals surface area contributed by atoms with E-state index in [1.807, 2.05) is 30.3 Å². The highest BCUT2D eigenvalue weighted by Gasteiger charge is 2.29. The summed E-state index contributed by atoms with van der Waals surface area (Å²) >= 11 is 0. The van der Waals surface area contributed by atoms with E-state index in [9.17, 15) is 9.59 Å². The van der Waals surface area contributed by atoms with Gasteiger partial charge in [-0.1, -0.05) is 30.3 Å². The molecule has 0 heterocycles. The first-order chi connectivity index (χ1) is 10.9. The minimum Gasteiger partial charge on any atom is -0.478 e. The molecule has 2 aromatic rings. The van der Waals surface area contributed by atoms with Crippen molar-refractivity contribution < 1.29 is 19.4 Å². The van der Waals surface area contributed by atoms with E-state index in [4.69, 9.17) is 9.84 Å². The standard InChI is InChI=1S/C18H19NO4/c1-18(2,17(21)22)23-15-10-8-14(9-11-15)16(20)19-12-13-6-4-3-5-7-13/h3-11H,12H2,1-2H3,(H,19,20)(H,21,22). The monoisotopic (exact) mass is 313 g/mol. The van der Waals surface area contributed by atoms with Crippen LogP contribution >= 0.6 is 0 Å². The molecule has 120 valence electrons. The fourth-order valence-electron chi connectivity index (χ4n) is 1.89. The number of rotatable bonds is 6. The molecular formula is C18H19NO4. The predicted molar refractivity (Wildman–Crippen MR) is 86.4 cm³/mol. The van der Waals surface area contributed by atoms with Crippen LogP contribution in [0.5, 0.6) is 5.75 Å². The molecule has 0 fully saturated rings. The molecular weight excluding hydrogens is 294 g/mol. The van der Waals surface area contributed by atoms with E-state index in [0.29, 0.717) is 17.9 Å². The van der Waals surface area contributed by atoms with Crippen LogP contribution in [0.2, 0.25) is 0 Å². The van der Waals surface area contributed by atoms with Gasteiger partial charge in [-0.05, 0) is 43.7 Å². The molecule has 5 nitrogen and oxygen atoms in total. The molecule has 2 N–H and O–H groups in total. The molecule has 5 heteroatoms. The molecule has 1 amide bonds. The summed E-state index contributed by atoms with van der Waals surface area (Å²) in [5.41, 5.74) is 0.183. The molecule has 2 aromatic carbocycles. The largest absolute Gasteiger partial charge is 0.478 e. The van der Waals surface area contributed by atoms with Crippen molar-refractivity contribution in [2.45, 2.75) is 26.0 Å². The van der Waals surface area contributed by atoms with Gasteiger partial charge >= 0.3 is 5.97 Å². The third-order valence-electron chi connectivity index (χ3n) is 3.30. The van der Waals surface area contributed by atoms with Crippen molar-refractivity contribution in [3.8, 4) is 5.75 Å². The number of hydrogen-bond acceptors (Lipinski definition) is 3. The first-order valence-corrected chi connectivity index (χ1v) is 7.23. The van der Waals surface area contributed by atoms with E-state index in [2.05, 4.69) is 5.32 Å². The summed E-state index contributed by atoms with van der Waals surface area (Å²) in [6, 6.07) is 16.0. The number of carbonyl (C=O) groups is 2. The van der Waals surface area contributed by atoms with Gasteiger partial charge in [-0.25, -0.2) is 4.79 Å². The SMILES string of the molecule is CC(C)(Oc1ccc(C(=O)NCc2ccccc2)cc1)C(=O)O. The van der Waals surface area contributed by atoms with Crippen molar-refractivity contribution in [1.82, 2.24) is 5.32 Å². The number of nitrogens with one attached hydrogen (secondary N) is 1. The summed E-state index contributed by atoms with van der Waals surface area (Å²) in [6.07, 6.45) is 0. The fraction of sp³-hybridized carbons (Fsp3) is 0.222. The molecule has 0 radical (unpaired) electrons. The zero-order valence-corrected chi connectivity index (χ0v) is 13.1. The quantitative estimate of drug-likeness (QED) is 0.860. The molecule has 0 aromatic heterocycles. The molecule has 0 bridgehead atoms. The summed E-state index contributed by atoms with van der Waals surface area (Å²) in [4.78, 5) is 23.1. The minimum atomic E-state index is -1.32. The van der Waals surface area contributed by atoms with Gasteiger partial charge in [0.15, 0.2) is 5.60 Å². The maximum atomic E-state index is 12.1. The Morgan fingerprint density at radius 1 is 1.04 bits per heavy atom. The Hall–Kier alpha value is -2.82. The van der Waals surface area contributed by atoms with Crippen LogP contribution in [0.25, 0.3) is 0 Å². The van der Waals surface area contributed by atoms with Crippen LogP contribution < -0.4 is 10.1 Å². The number of aliphatic carboxylic acids is 1. The van der Waals surface area contributed by atoms with Crippen LogP contribution in [0.4, 0.5) is 0 Å². The number of benzene rings is 2. The van der Waals surface area contributed by atoms with Gasteiger partial charge in [0.1, 0.15) is 5.75 Å². The van der Waals surface area contributed by atoms with Crippen molar-refractivity contribution in [1.29, 1.82) is 0 Å². The van der Waals surface area contributed by atoms with Gasteiger partial charge in [0.25, 0.3) is 5.91 Å². The maximum Gasteiger partial charge on any atom is 0.347 e. The van der Waals surface area contributed by atoms with Crippen molar-refractivity contribution >= 4 is 11.9 Å². The number of carbonyl (C=O) groups excluding carboxylic acids is 1. The fourth-order valence-corrected chi connectivity index (χ4v) is 1.89. The summed E-state index contributed by atoms with van der Waals surface area (Å²) in [6.45, 7) is 3.38. The van der Waals surface area contributed by atoms with Crippen LogP contribution in [-0.4, -0.2) is 22.6 Å². The predicted octanol–water partition coefficient (Wildman–Crippen LogP) is 2.86. The van der Waals surface area contributed by atoms with Crippen molar-refractivity contribution in [2.75, 3.05) is 0 Å². The first kappa shape index (κ1) is 16.5. The molecule has 0 saturated carbocycles. The molecule has 0 saturated heterocycles. The van der Waals surface area contributed by atoms with Crippen LogP contribution in [0.3, 0.4) is 0 Å². The highest BCUT2D eigenvalue weighted by molar-refractivity contribution is 5.94.